The van der Waals surface area contributed by atoms with E-state index in [1.54, 1.807) is 12.1 Å². The van der Waals surface area contributed by atoms with E-state index < -0.39 is 0 Å². The lowest BCUT2D eigenvalue weighted by molar-refractivity contribution is 0.0367. The van der Waals surface area contributed by atoms with Gasteiger partial charge in [-0.1, -0.05) is 94.2 Å². The summed E-state index contributed by atoms with van der Waals surface area (Å²) in [5.74, 6) is 2.30. The van der Waals surface area contributed by atoms with Crippen molar-refractivity contribution in [1.29, 1.82) is 0 Å². The van der Waals surface area contributed by atoms with Gasteiger partial charge in [-0.25, -0.2) is 0 Å². The van der Waals surface area contributed by atoms with Gasteiger partial charge in [0, 0.05) is 24.0 Å². The van der Waals surface area contributed by atoms with E-state index >= 15 is 0 Å². The average molecular weight is 601 g/mol. The van der Waals surface area contributed by atoms with E-state index in [2.05, 4.69) is 81.4 Å². The molecule has 0 unspecified atom stereocenters. The molecule has 0 spiro atoms. The van der Waals surface area contributed by atoms with Crippen LogP contribution in [0.4, 0.5) is 0 Å². The monoisotopic (exact) mass is 600 g/mol. The normalized spacial score (nSPS) is 30.1. The van der Waals surface area contributed by atoms with Crippen molar-refractivity contribution >= 4 is 11.6 Å². The van der Waals surface area contributed by atoms with Crippen LogP contribution in [0.3, 0.4) is 0 Å². The molecular weight excluding hydrogens is 544 g/mol. The fraction of sp³-hybridized carbons (Fsp3) is 0.650. The molecule has 6 rings (SSSR count). The zero-order chi connectivity index (χ0) is 32.6. The molecule has 0 heterocycles. The Labute approximate surface area is 266 Å². The predicted molar refractivity (Wildman–Crippen MR) is 179 cm³/mol. The standard InChI is InChI=1S/2C20H28O2/c2*1-12(2)13-9-15-14(10-16(13)21)17(22)11-18-19(3,4)7-6-8-20(15,18)5/h2*9-10,12,18,21H,6-8,11H2,1-5H3/t2*18-,20+/m00/s1. The highest BCUT2D eigenvalue weighted by Crippen LogP contribution is 2.59. The van der Waals surface area contributed by atoms with Gasteiger partial charge < -0.3 is 10.2 Å². The van der Waals surface area contributed by atoms with Crippen LogP contribution in [-0.2, 0) is 10.8 Å². The summed E-state index contributed by atoms with van der Waals surface area (Å²) >= 11 is 0. The molecule has 2 saturated carbocycles. The quantitative estimate of drug-likeness (QED) is 0.360. The molecule has 2 aromatic rings. The first-order chi connectivity index (χ1) is 20.3. The molecule has 44 heavy (non-hydrogen) atoms. The van der Waals surface area contributed by atoms with Crippen LogP contribution in [0.5, 0.6) is 11.5 Å². The van der Waals surface area contributed by atoms with Crippen LogP contribution in [0.2, 0.25) is 0 Å². The van der Waals surface area contributed by atoms with Crippen molar-refractivity contribution in [2.24, 2.45) is 22.7 Å². The van der Waals surface area contributed by atoms with Crippen molar-refractivity contribution in [2.75, 3.05) is 0 Å². The summed E-state index contributed by atoms with van der Waals surface area (Å²) in [5.41, 5.74) is 6.35. The number of carbonyl (C=O) groups is 2. The first kappa shape index (κ1) is 32.8. The summed E-state index contributed by atoms with van der Waals surface area (Å²) in [6.07, 6.45) is 8.36. The van der Waals surface area contributed by atoms with E-state index in [1.807, 2.05) is 0 Å². The smallest absolute Gasteiger partial charge is 0.163 e. The largest absolute Gasteiger partial charge is 0.508 e. The lowest BCUT2D eigenvalue weighted by Crippen LogP contribution is -2.49. The molecule has 0 aromatic heterocycles. The number of fused-ring (bicyclic) bond motifs is 6. The van der Waals surface area contributed by atoms with Gasteiger partial charge in [-0.15, -0.1) is 0 Å². The second-order valence-electron chi connectivity index (χ2n) is 17.1. The fourth-order valence-corrected chi connectivity index (χ4v) is 10.0. The van der Waals surface area contributed by atoms with Gasteiger partial charge in [0.1, 0.15) is 11.5 Å². The van der Waals surface area contributed by atoms with Gasteiger partial charge >= 0.3 is 0 Å². The number of benzene rings is 2. The van der Waals surface area contributed by atoms with Gasteiger partial charge in [0.25, 0.3) is 0 Å². The topological polar surface area (TPSA) is 74.6 Å². The minimum Gasteiger partial charge on any atom is -0.508 e. The third-order valence-electron chi connectivity index (χ3n) is 12.6. The Morgan fingerprint density at radius 2 is 0.932 bits per heavy atom. The second-order valence-corrected chi connectivity index (χ2v) is 17.1. The molecule has 0 radical (unpaired) electrons. The molecule has 4 aliphatic carbocycles. The zero-order valence-corrected chi connectivity index (χ0v) is 29.0. The lowest BCUT2D eigenvalue weighted by Gasteiger charge is -2.54. The maximum atomic E-state index is 12.7. The van der Waals surface area contributed by atoms with E-state index in [-0.39, 0.29) is 56.6 Å². The highest BCUT2D eigenvalue weighted by atomic mass is 16.3. The molecule has 4 heteroatoms. The molecule has 2 fully saturated rings. The molecule has 2 N–H and O–H groups in total. The van der Waals surface area contributed by atoms with Crippen LogP contribution in [-0.4, -0.2) is 21.8 Å². The van der Waals surface area contributed by atoms with Crippen molar-refractivity contribution in [2.45, 2.75) is 143 Å². The molecule has 0 bridgehead atoms. The average Bonchev–Trinajstić information content (AvgIpc) is 2.91. The van der Waals surface area contributed by atoms with Crippen molar-refractivity contribution < 1.29 is 19.8 Å². The van der Waals surface area contributed by atoms with Gasteiger partial charge in [0.15, 0.2) is 11.6 Å². The van der Waals surface area contributed by atoms with Crippen molar-refractivity contribution in [3.05, 3.63) is 57.6 Å². The number of aromatic hydroxyl groups is 2. The van der Waals surface area contributed by atoms with Crippen LogP contribution in [0.25, 0.3) is 0 Å². The van der Waals surface area contributed by atoms with Crippen LogP contribution in [0.15, 0.2) is 24.3 Å². The molecule has 240 valence electrons. The molecule has 2 aromatic carbocycles. The summed E-state index contributed by atoms with van der Waals surface area (Å²) in [4.78, 5) is 25.4. The number of hydrogen-bond donors (Lipinski definition) is 2. The Hall–Kier alpha value is -2.62. The summed E-state index contributed by atoms with van der Waals surface area (Å²) in [6.45, 7) is 22.3. The first-order valence-corrected chi connectivity index (χ1v) is 17.1. The van der Waals surface area contributed by atoms with Gasteiger partial charge in [0.05, 0.1) is 0 Å². The van der Waals surface area contributed by atoms with Gasteiger partial charge in [-0.2, -0.15) is 0 Å². The Balaban J connectivity index is 0.000000175. The van der Waals surface area contributed by atoms with Gasteiger partial charge in [0.2, 0.25) is 0 Å². The van der Waals surface area contributed by atoms with Crippen LogP contribution in [0, 0.1) is 22.7 Å². The van der Waals surface area contributed by atoms with Crippen LogP contribution in [0.1, 0.15) is 175 Å². The number of hydrogen-bond acceptors (Lipinski definition) is 4. The summed E-state index contributed by atoms with van der Waals surface area (Å²) in [5, 5.41) is 20.6. The van der Waals surface area contributed by atoms with Crippen LogP contribution < -0.4 is 0 Å². The van der Waals surface area contributed by atoms with E-state index in [4.69, 9.17) is 0 Å². The third kappa shape index (κ3) is 5.22. The fourth-order valence-electron chi connectivity index (χ4n) is 10.0. The minimum absolute atomic E-state index is 0.0579. The third-order valence-corrected chi connectivity index (χ3v) is 12.6. The Morgan fingerprint density at radius 1 is 0.591 bits per heavy atom. The minimum atomic E-state index is 0.0579. The summed E-state index contributed by atoms with van der Waals surface area (Å²) in [7, 11) is 0. The Kier molecular flexibility index (Phi) is 8.21. The van der Waals surface area contributed by atoms with Crippen molar-refractivity contribution in [3.8, 4) is 11.5 Å². The molecule has 4 nitrogen and oxygen atoms in total. The Bertz CT molecular complexity index is 1370. The molecule has 0 saturated heterocycles. The highest BCUT2D eigenvalue weighted by molar-refractivity contribution is 6.01. The zero-order valence-electron chi connectivity index (χ0n) is 29.0. The Morgan fingerprint density at radius 3 is 1.25 bits per heavy atom. The van der Waals surface area contributed by atoms with Crippen molar-refractivity contribution in [1.82, 2.24) is 0 Å². The molecule has 4 atom stereocenters. The molecule has 0 aliphatic heterocycles. The van der Waals surface area contributed by atoms with E-state index in [0.717, 1.165) is 35.1 Å². The number of rotatable bonds is 2. The SMILES string of the molecule is CC(C)c1cc2c(cc1O)C(=O)C[C@H]1C(C)(C)CCC[C@]21C.CC(C)c1cc2c(cc1O)C(=O)C[C@H]1C(C)(C)CCC[C@]21C. The summed E-state index contributed by atoms with van der Waals surface area (Å²) < 4.78 is 0. The summed E-state index contributed by atoms with van der Waals surface area (Å²) in [6, 6.07) is 7.72. The predicted octanol–water partition coefficient (Wildman–Crippen LogP) is 10.4. The maximum Gasteiger partial charge on any atom is 0.163 e. The van der Waals surface area contributed by atoms with Crippen LogP contribution >= 0.6 is 0 Å². The first-order valence-electron chi connectivity index (χ1n) is 17.1. The molecular formula is C40H56O4. The van der Waals surface area contributed by atoms with E-state index in [1.165, 1.54) is 36.8 Å². The van der Waals surface area contributed by atoms with Gasteiger partial charge in [-0.3, -0.25) is 9.59 Å². The van der Waals surface area contributed by atoms with Gasteiger partial charge in [-0.05, 0) is 105 Å². The highest BCUT2D eigenvalue weighted by Gasteiger charge is 2.53. The van der Waals surface area contributed by atoms with E-state index in [9.17, 15) is 19.8 Å². The second kappa shape index (κ2) is 11.0. The molecule has 4 aliphatic rings. The number of phenols is 2. The number of carbonyl (C=O) groups excluding carboxylic acids is 2. The maximum absolute atomic E-state index is 12.7. The number of ketones is 2. The van der Waals surface area contributed by atoms with Crippen molar-refractivity contribution in [3.63, 3.8) is 0 Å². The lowest BCUT2D eigenvalue weighted by atomic mass is 9.50. The van der Waals surface area contributed by atoms with E-state index in [0.29, 0.717) is 24.7 Å². The number of Topliss-reactive ketones (excluding diaryl/α,β-unsaturated/α-hetero) is 2. The number of phenolic OH excluding ortho intramolecular Hbond substituents is 2. The molecule has 0 amide bonds.